The highest BCUT2D eigenvalue weighted by Gasteiger charge is 2.37. The molecule has 10 heteroatoms. The highest BCUT2D eigenvalue weighted by Crippen LogP contribution is 2.35. The van der Waals surface area contributed by atoms with E-state index >= 15 is 0 Å². The van der Waals surface area contributed by atoms with E-state index < -0.39 is 17.8 Å². The number of barbiturate groups is 1. The molecule has 0 unspecified atom stereocenters. The predicted molar refractivity (Wildman–Crippen MR) is 118 cm³/mol. The number of imide groups is 2. The number of ether oxygens (including phenoxy) is 1. The number of benzene rings is 2. The standard InChI is InChI=1S/C20H14Cl4N2O4/c1-2-5-30-17-15(23)7-10(8-16(17)24)6-12-18(27)25-20(29)26(19(12)28)11-3-4-13(21)14(22)9-11/h3-4,6-9H,2,5H2,1H3,(H,25,27,29)/b12-6+. The van der Waals surface area contributed by atoms with Gasteiger partial charge in [-0.05, 0) is 48.4 Å². The van der Waals surface area contributed by atoms with Crippen LogP contribution in [-0.2, 0) is 9.59 Å². The molecule has 0 saturated carbocycles. The number of nitrogens with one attached hydrogen (secondary N) is 1. The number of hydrogen-bond donors (Lipinski definition) is 1. The van der Waals surface area contributed by atoms with Crippen LogP contribution in [0.2, 0.25) is 20.1 Å². The molecular formula is C20H14Cl4N2O4. The lowest BCUT2D eigenvalue weighted by Gasteiger charge is -2.26. The Morgan fingerprint density at radius 2 is 1.63 bits per heavy atom. The topological polar surface area (TPSA) is 75.7 Å². The maximum atomic E-state index is 12.9. The van der Waals surface area contributed by atoms with Gasteiger partial charge in [-0.15, -0.1) is 0 Å². The fourth-order valence-corrected chi connectivity index (χ4v) is 3.59. The summed E-state index contributed by atoms with van der Waals surface area (Å²) < 4.78 is 5.51. The third kappa shape index (κ3) is 4.57. The molecule has 1 fully saturated rings. The van der Waals surface area contributed by atoms with Gasteiger partial charge in [-0.25, -0.2) is 9.69 Å². The summed E-state index contributed by atoms with van der Waals surface area (Å²) in [5.41, 5.74) is 0.260. The van der Waals surface area contributed by atoms with E-state index in [2.05, 4.69) is 5.32 Å². The lowest BCUT2D eigenvalue weighted by molar-refractivity contribution is -0.122. The van der Waals surface area contributed by atoms with E-state index in [-0.39, 0.29) is 31.4 Å². The number of urea groups is 1. The molecule has 0 atom stereocenters. The van der Waals surface area contributed by atoms with Crippen LogP contribution in [0.3, 0.4) is 0 Å². The Hall–Kier alpha value is -2.25. The normalized spacial score (nSPS) is 15.6. The monoisotopic (exact) mass is 486 g/mol. The second-order valence-corrected chi connectivity index (χ2v) is 7.85. The van der Waals surface area contributed by atoms with Gasteiger partial charge in [0.25, 0.3) is 11.8 Å². The van der Waals surface area contributed by atoms with Crippen LogP contribution >= 0.6 is 46.4 Å². The second-order valence-electron chi connectivity index (χ2n) is 6.22. The molecule has 2 aromatic rings. The molecule has 1 heterocycles. The quantitative estimate of drug-likeness (QED) is 0.430. The van der Waals surface area contributed by atoms with Crippen molar-refractivity contribution in [3.63, 3.8) is 0 Å². The van der Waals surface area contributed by atoms with Crippen molar-refractivity contribution in [2.75, 3.05) is 11.5 Å². The van der Waals surface area contributed by atoms with Crippen LogP contribution in [0.25, 0.3) is 6.08 Å². The second kappa shape index (κ2) is 9.27. The zero-order valence-corrected chi connectivity index (χ0v) is 18.5. The molecule has 3 rings (SSSR count). The van der Waals surface area contributed by atoms with Gasteiger partial charge in [0, 0.05) is 0 Å². The molecule has 6 nitrogen and oxygen atoms in total. The SMILES string of the molecule is CCCOc1c(Cl)cc(/C=C2\C(=O)NC(=O)N(c3ccc(Cl)c(Cl)c3)C2=O)cc1Cl. The van der Waals surface area contributed by atoms with Gasteiger partial charge in [-0.1, -0.05) is 53.3 Å². The molecule has 1 saturated heterocycles. The Balaban J connectivity index is 1.99. The van der Waals surface area contributed by atoms with Crippen LogP contribution in [0.5, 0.6) is 5.75 Å². The Morgan fingerprint density at radius 1 is 0.967 bits per heavy atom. The molecule has 4 amide bonds. The number of halogens is 4. The van der Waals surface area contributed by atoms with Crippen molar-refractivity contribution in [2.45, 2.75) is 13.3 Å². The summed E-state index contributed by atoms with van der Waals surface area (Å²) in [6, 6.07) is 6.33. The minimum absolute atomic E-state index is 0.151. The van der Waals surface area contributed by atoms with Gasteiger partial charge in [0.15, 0.2) is 5.75 Å². The minimum Gasteiger partial charge on any atom is -0.490 e. The minimum atomic E-state index is -0.903. The highest BCUT2D eigenvalue weighted by molar-refractivity contribution is 6.43. The molecule has 30 heavy (non-hydrogen) atoms. The van der Waals surface area contributed by atoms with Crippen molar-refractivity contribution < 1.29 is 19.1 Å². The lowest BCUT2D eigenvalue weighted by atomic mass is 10.1. The average molecular weight is 488 g/mol. The molecule has 0 aromatic heterocycles. The summed E-state index contributed by atoms with van der Waals surface area (Å²) >= 11 is 24.3. The lowest BCUT2D eigenvalue weighted by Crippen LogP contribution is -2.54. The van der Waals surface area contributed by atoms with Crippen molar-refractivity contribution >= 4 is 76.0 Å². The van der Waals surface area contributed by atoms with E-state index in [1.54, 1.807) is 0 Å². The first-order chi connectivity index (χ1) is 14.2. The number of nitrogens with zero attached hydrogens (tertiary/aromatic N) is 1. The van der Waals surface area contributed by atoms with Gasteiger partial charge in [0.05, 0.1) is 32.4 Å². The average Bonchev–Trinajstić information content (AvgIpc) is 2.67. The maximum absolute atomic E-state index is 12.9. The molecular weight excluding hydrogens is 474 g/mol. The van der Waals surface area contributed by atoms with E-state index in [1.165, 1.54) is 36.4 Å². The third-order valence-corrected chi connectivity index (χ3v) is 5.35. The number of carbonyl (C=O) groups excluding carboxylic acids is 3. The van der Waals surface area contributed by atoms with Crippen molar-refractivity contribution in [3.8, 4) is 5.75 Å². The number of hydrogen-bond acceptors (Lipinski definition) is 4. The van der Waals surface area contributed by atoms with Crippen molar-refractivity contribution in [2.24, 2.45) is 0 Å². The van der Waals surface area contributed by atoms with Gasteiger partial charge in [0.2, 0.25) is 0 Å². The third-order valence-electron chi connectivity index (χ3n) is 4.05. The van der Waals surface area contributed by atoms with Gasteiger partial charge >= 0.3 is 6.03 Å². The van der Waals surface area contributed by atoms with E-state index in [4.69, 9.17) is 51.1 Å². The summed E-state index contributed by atoms with van der Waals surface area (Å²) in [6.45, 7) is 2.37. The van der Waals surface area contributed by atoms with E-state index in [0.29, 0.717) is 17.9 Å². The highest BCUT2D eigenvalue weighted by atomic mass is 35.5. The van der Waals surface area contributed by atoms with E-state index in [1.807, 2.05) is 6.92 Å². The van der Waals surface area contributed by atoms with Crippen LogP contribution < -0.4 is 15.0 Å². The van der Waals surface area contributed by atoms with Crippen molar-refractivity contribution in [1.29, 1.82) is 0 Å². The van der Waals surface area contributed by atoms with Gasteiger partial charge < -0.3 is 4.74 Å². The van der Waals surface area contributed by atoms with Crippen LogP contribution in [0, 0.1) is 0 Å². The Bertz CT molecular complexity index is 1060. The first-order valence-electron chi connectivity index (χ1n) is 8.71. The summed E-state index contributed by atoms with van der Waals surface area (Å²) in [6.07, 6.45) is 2.06. The molecule has 1 aliphatic rings. The summed E-state index contributed by atoms with van der Waals surface area (Å²) in [5.74, 6) is -1.37. The zero-order chi connectivity index (χ0) is 22.0. The largest absolute Gasteiger partial charge is 0.490 e. The molecule has 2 aromatic carbocycles. The number of anilines is 1. The number of carbonyl (C=O) groups is 3. The first kappa shape index (κ1) is 22.4. The number of rotatable bonds is 5. The molecule has 0 radical (unpaired) electrons. The maximum Gasteiger partial charge on any atom is 0.335 e. The van der Waals surface area contributed by atoms with Crippen LogP contribution in [0.1, 0.15) is 18.9 Å². The molecule has 0 aliphatic carbocycles. The summed E-state index contributed by atoms with van der Waals surface area (Å²) in [5, 5.41) is 2.98. The summed E-state index contributed by atoms with van der Waals surface area (Å²) in [4.78, 5) is 38.3. The summed E-state index contributed by atoms with van der Waals surface area (Å²) in [7, 11) is 0. The molecule has 156 valence electrons. The first-order valence-corrected chi connectivity index (χ1v) is 10.2. The van der Waals surface area contributed by atoms with Crippen LogP contribution in [0.15, 0.2) is 35.9 Å². The van der Waals surface area contributed by atoms with Gasteiger partial charge in [-0.2, -0.15) is 0 Å². The molecule has 0 spiro atoms. The van der Waals surface area contributed by atoms with Gasteiger partial charge in [0.1, 0.15) is 5.57 Å². The van der Waals surface area contributed by atoms with Crippen molar-refractivity contribution in [1.82, 2.24) is 5.32 Å². The van der Waals surface area contributed by atoms with E-state index in [0.717, 1.165) is 11.3 Å². The Kier molecular flexibility index (Phi) is 6.93. The van der Waals surface area contributed by atoms with Crippen LogP contribution in [0.4, 0.5) is 10.5 Å². The zero-order valence-electron chi connectivity index (χ0n) is 15.5. The van der Waals surface area contributed by atoms with Crippen molar-refractivity contribution in [3.05, 3.63) is 61.6 Å². The fourth-order valence-electron chi connectivity index (χ4n) is 2.69. The molecule has 0 bridgehead atoms. The molecule has 1 aliphatic heterocycles. The predicted octanol–water partition coefficient (Wildman–Crippen LogP) is 5.76. The smallest absolute Gasteiger partial charge is 0.335 e. The fraction of sp³-hybridized carbons (Fsp3) is 0.150. The number of amides is 4. The van der Waals surface area contributed by atoms with E-state index in [9.17, 15) is 14.4 Å². The Morgan fingerprint density at radius 3 is 2.23 bits per heavy atom. The van der Waals surface area contributed by atoms with Crippen LogP contribution in [-0.4, -0.2) is 24.5 Å². The Labute approximate surface area is 192 Å². The molecule has 1 N–H and O–H groups in total. The van der Waals surface area contributed by atoms with Gasteiger partial charge in [-0.3, -0.25) is 14.9 Å².